The summed E-state index contributed by atoms with van der Waals surface area (Å²) in [6, 6.07) is 4.27. The molecule has 0 unspecified atom stereocenters. The molecule has 98 valence electrons. The molecule has 1 aromatic rings. The van der Waals surface area contributed by atoms with Gasteiger partial charge in [-0.2, -0.15) is 0 Å². The van der Waals surface area contributed by atoms with Gasteiger partial charge in [0.05, 0.1) is 5.56 Å². The van der Waals surface area contributed by atoms with Gasteiger partial charge in [0.25, 0.3) is 0 Å². The minimum atomic E-state index is -1.23. The Morgan fingerprint density at radius 3 is 2.72 bits per heavy atom. The molecule has 1 saturated carbocycles. The van der Waals surface area contributed by atoms with Gasteiger partial charge >= 0.3 is 5.97 Å². The largest absolute Gasteiger partial charge is 0.478 e. The summed E-state index contributed by atoms with van der Waals surface area (Å²) in [6.45, 7) is 3.72. The van der Waals surface area contributed by atoms with Crippen molar-refractivity contribution < 1.29 is 14.3 Å². The van der Waals surface area contributed by atoms with Crippen molar-refractivity contribution in [1.82, 2.24) is 5.32 Å². The minimum Gasteiger partial charge on any atom is -0.478 e. The maximum absolute atomic E-state index is 13.4. The Hall–Kier alpha value is -1.42. The standard InChI is InChI=1S/C14H18FNO2/c1-2-14(5-6-14)9-16-8-10-3-4-11(13(17)18)12(15)7-10/h3-4,7,16H,2,5-6,8-9H2,1H3,(H,17,18). The quantitative estimate of drug-likeness (QED) is 0.817. The molecular formula is C14H18FNO2. The molecule has 18 heavy (non-hydrogen) atoms. The van der Waals surface area contributed by atoms with Gasteiger partial charge in [-0.05, 0) is 42.4 Å². The van der Waals surface area contributed by atoms with Gasteiger partial charge in [-0.15, -0.1) is 0 Å². The van der Waals surface area contributed by atoms with Crippen LogP contribution in [0.25, 0.3) is 0 Å². The Morgan fingerprint density at radius 2 is 2.22 bits per heavy atom. The van der Waals surface area contributed by atoms with Crippen molar-refractivity contribution in [2.45, 2.75) is 32.7 Å². The van der Waals surface area contributed by atoms with Gasteiger partial charge < -0.3 is 10.4 Å². The Bertz CT molecular complexity index is 455. The van der Waals surface area contributed by atoms with Gasteiger partial charge in [-0.3, -0.25) is 0 Å². The number of benzene rings is 1. The van der Waals surface area contributed by atoms with Crippen LogP contribution >= 0.6 is 0 Å². The summed E-state index contributed by atoms with van der Waals surface area (Å²) in [5.74, 6) is -1.90. The second-order valence-corrected chi connectivity index (χ2v) is 5.08. The highest BCUT2D eigenvalue weighted by Crippen LogP contribution is 2.47. The first-order valence-corrected chi connectivity index (χ1v) is 6.29. The van der Waals surface area contributed by atoms with Gasteiger partial charge in [-0.1, -0.05) is 13.0 Å². The van der Waals surface area contributed by atoms with E-state index in [2.05, 4.69) is 12.2 Å². The fraction of sp³-hybridized carbons (Fsp3) is 0.500. The molecule has 0 aliphatic heterocycles. The van der Waals surface area contributed by atoms with Gasteiger partial charge in [0.1, 0.15) is 5.82 Å². The van der Waals surface area contributed by atoms with Crippen LogP contribution in [0.1, 0.15) is 42.1 Å². The van der Waals surface area contributed by atoms with E-state index in [-0.39, 0.29) is 5.56 Å². The number of carbonyl (C=O) groups is 1. The molecule has 0 spiro atoms. The first-order chi connectivity index (χ1) is 8.56. The molecule has 1 fully saturated rings. The summed E-state index contributed by atoms with van der Waals surface area (Å²) in [5.41, 5.74) is 0.967. The van der Waals surface area contributed by atoms with Gasteiger partial charge in [0.2, 0.25) is 0 Å². The molecule has 1 aliphatic carbocycles. The Labute approximate surface area is 106 Å². The number of nitrogens with one attached hydrogen (secondary N) is 1. The third-order valence-electron chi connectivity index (χ3n) is 3.80. The lowest BCUT2D eigenvalue weighted by Gasteiger charge is -2.13. The molecular weight excluding hydrogens is 233 g/mol. The third-order valence-corrected chi connectivity index (χ3v) is 3.80. The monoisotopic (exact) mass is 251 g/mol. The molecule has 1 aliphatic rings. The molecule has 1 aromatic carbocycles. The van der Waals surface area contributed by atoms with Crippen molar-refractivity contribution in [1.29, 1.82) is 0 Å². The number of hydrogen-bond donors (Lipinski definition) is 2. The zero-order valence-electron chi connectivity index (χ0n) is 10.5. The van der Waals surface area contributed by atoms with E-state index in [0.29, 0.717) is 12.0 Å². The normalized spacial score (nSPS) is 16.6. The zero-order chi connectivity index (χ0) is 13.2. The van der Waals surface area contributed by atoms with Crippen LogP contribution < -0.4 is 5.32 Å². The molecule has 0 atom stereocenters. The van der Waals surface area contributed by atoms with Crippen LogP contribution in [0, 0.1) is 11.2 Å². The van der Waals surface area contributed by atoms with E-state index >= 15 is 0 Å². The zero-order valence-corrected chi connectivity index (χ0v) is 10.5. The number of halogens is 1. The van der Waals surface area contributed by atoms with E-state index in [9.17, 15) is 9.18 Å². The average Bonchev–Trinajstić information content (AvgIpc) is 3.09. The predicted octanol–water partition coefficient (Wildman–Crippen LogP) is 2.80. The van der Waals surface area contributed by atoms with Crippen LogP contribution in [0.3, 0.4) is 0 Å². The molecule has 4 heteroatoms. The van der Waals surface area contributed by atoms with Crippen LogP contribution in [0.5, 0.6) is 0 Å². The number of rotatable bonds is 6. The first-order valence-electron chi connectivity index (χ1n) is 6.29. The number of carboxylic acids is 1. The molecule has 0 aromatic heterocycles. The van der Waals surface area contributed by atoms with Crippen molar-refractivity contribution in [3.05, 3.63) is 35.1 Å². The van der Waals surface area contributed by atoms with E-state index < -0.39 is 11.8 Å². The fourth-order valence-corrected chi connectivity index (χ4v) is 2.15. The lowest BCUT2D eigenvalue weighted by molar-refractivity contribution is 0.0692. The SMILES string of the molecule is CCC1(CNCc2ccc(C(=O)O)c(F)c2)CC1. The van der Waals surface area contributed by atoms with E-state index in [1.807, 2.05) is 0 Å². The van der Waals surface area contributed by atoms with Crippen LogP contribution in [0.4, 0.5) is 4.39 Å². The molecule has 0 bridgehead atoms. The number of aromatic carboxylic acids is 1. The molecule has 2 rings (SSSR count). The molecule has 3 nitrogen and oxygen atoms in total. The van der Waals surface area contributed by atoms with E-state index in [1.54, 1.807) is 6.07 Å². The van der Waals surface area contributed by atoms with E-state index in [4.69, 9.17) is 5.11 Å². The molecule has 2 N–H and O–H groups in total. The highest BCUT2D eigenvalue weighted by atomic mass is 19.1. The summed E-state index contributed by atoms with van der Waals surface area (Å²) in [6.07, 6.45) is 3.71. The van der Waals surface area contributed by atoms with Gasteiger partial charge in [0.15, 0.2) is 0 Å². The van der Waals surface area contributed by atoms with Crippen molar-refractivity contribution in [3.63, 3.8) is 0 Å². The van der Waals surface area contributed by atoms with Crippen molar-refractivity contribution in [2.75, 3.05) is 6.54 Å². The van der Waals surface area contributed by atoms with Crippen LogP contribution in [-0.4, -0.2) is 17.6 Å². The first kappa shape index (κ1) is 13.0. The lowest BCUT2D eigenvalue weighted by atomic mass is 10.0. The van der Waals surface area contributed by atoms with Crippen LogP contribution in [0.2, 0.25) is 0 Å². The lowest BCUT2D eigenvalue weighted by Crippen LogP contribution is -2.23. The third kappa shape index (κ3) is 2.88. The Kier molecular flexibility index (Phi) is 3.66. The van der Waals surface area contributed by atoms with Crippen molar-refractivity contribution in [3.8, 4) is 0 Å². The van der Waals surface area contributed by atoms with Crippen LogP contribution in [-0.2, 0) is 6.54 Å². The second kappa shape index (κ2) is 5.06. The number of hydrogen-bond acceptors (Lipinski definition) is 2. The highest BCUT2D eigenvalue weighted by molar-refractivity contribution is 5.87. The van der Waals surface area contributed by atoms with Crippen molar-refractivity contribution in [2.24, 2.45) is 5.41 Å². The molecule has 0 heterocycles. The second-order valence-electron chi connectivity index (χ2n) is 5.08. The van der Waals surface area contributed by atoms with Crippen LogP contribution in [0.15, 0.2) is 18.2 Å². The van der Waals surface area contributed by atoms with Crippen molar-refractivity contribution >= 4 is 5.97 Å². The maximum atomic E-state index is 13.4. The topological polar surface area (TPSA) is 49.3 Å². The van der Waals surface area contributed by atoms with E-state index in [0.717, 1.165) is 12.1 Å². The van der Waals surface area contributed by atoms with Gasteiger partial charge in [-0.25, -0.2) is 9.18 Å². The molecule has 0 amide bonds. The Balaban J connectivity index is 1.90. The summed E-state index contributed by atoms with van der Waals surface area (Å²) in [7, 11) is 0. The predicted molar refractivity (Wildman–Crippen MR) is 67.0 cm³/mol. The highest BCUT2D eigenvalue weighted by Gasteiger charge is 2.39. The fourth-order valence-electron chi connectivity index (χ4n) is 2.15. The summed E-state index contributed by atoms with van der Waals surface area (Å²) < 4.78 is 13.4. The summed E-state index contributed by atoms with van der Waals surface area (Å²) >= 11 is 0. The summed E-state index contributed by atoms with van der Waals surface area (Å²) in [5, 5.41) is 12.0. The molecule has 0 radical (unpaired) electrons. The summed E-state index contributed by atoms with van der Waals surface area (Å²) in [4.78, 5) is 10.7. The average molecular weight is 251 g/mol. The van der Waals surface area contributed by atoms with Gasteiger partial charge in [0, 0.05) is 13.1 Å². The molecule has 0 saturated heterocycles. The van der Waals surface area contributed by atoms with E-state index in [1.165, 1.54) is 31.4 Å². The number of carboxylic acid groups (broad SMARTS) is 1. The Morgan fingerprint density at radius 1 is 1.50 bits per heavy atom. The maximum Gasteiger partial charge on any atom is 0.338 e. The minimum absolute atomic E-state index is 0.272. The smallest absolute Gasteiger partial charge is 0.338 e.